The molecule has 2 aliphatic carbocycles. The molecule has 0 spiro atoms. The first-order valence-electron chi connectivity index (χ1n) is 12.7. The number of amides is 1. The maximum absolute atomic E-state index is 12.6. The lowest BCUT2D eigenvalue weighted by atomic mass is 9.63. The largest absolute Gasteiger partial charge is 0.321 e. The molecule has 8 atom stereocenters. The van der Waals surface area contributed by atoms with Gasteiger partial charge in [0.25, 0.3) is 0 Å². The van der Waals surface area contributed by atoms with E-state index in [-0.39, 0.29) is 11.4 Å². The van der Waals surface area contributed by atoms with Gasteiger partial charge in [0.05, 0.1) is 0 Å². The van der Waals surface area contributed by atoms with Crippen LogP contribution in [0.15, 0.2) is 30.3 Å². The number of halogens is 1. The number of benzene rings is 1. The van der Waals surface area contributed by atoms with Crippen molar-refractivity contribution in [3.05, 3.63) is 30.3 Å². The number of rotatable bonds is 3. The Kier molecular flexibility index (Phi) is 6.11. The number of fused-ring (bicyclic) bond motifs is 4. The Bertz CT molecular complexity index is 767. The van der Waals surface area contributed by atoms with Crippen LogP contribution in [-0.2, 0) is 0 Å². The Hall–Kier alpha value is -1.06. The number of para-hydroxylation sites is 1. The van der Waals surface area contributed by atoms with Gasteiger partial charge in [-0.25, -0.2) is 0 Å². The van der Waals surface area contributed by atoms with E-state index in [1.165, 1.54) is 38.5 Å². The van der Waals surface area contributed by atoms with Crippen molar-refractivity contribution in [3.8, 4) is 0 Å². The number of carbonyl (C=O) groups excluding carboxylic acids is 1. The van der Waals surface area contributed by atoms with Crippen molar-refractivity contribution in [1.29, 1.82) is 0 Å². The molecule has 1 amide bonds. The minimum absolute atomic E-state index is 0.200. The van der Waals surface area contributed by atoms with Gasteiger partial charge in [0.15, 0.2) is 0 Å². The SMILES string of the molecule is CC1CCC2CC1CC(N1C3CC(N(C(=O)Cl)c4ccccc4)CC1C(C)CC3C)C2. The molecule has 3 nitrogen and oxygen atoms in total. The highest BCUT2D eigenvalue weighted by atomic mass is 35.5. The first-order valence-corrected chi connectivity index (χ1v) is 13.1. The summed E-state index contributed by atoms with van der Waals surface area (Å²) in [7, 11) is 0. The van der Waals surface area contributed by atoms with Gasteiger partial charge in [-0.2, -0.15) is 0 Å². The van der Waals surface area contributed by atoms with Crippen molar-refractivity contribution >= 4 is 22.7 Å². The summed E-state index contributed by atoms with van der Waals surface area (Å²) in [6.45, 7) is 7.40. The molecule has 8 unspecified atom stereocenters. The zero-order chi connectivity index (χ0) is 21.7. The van der Waals surface area contributed by atoms with Crippen LogP contribution in [0.3, 0.4) is 0 Å². The van der Waals surface area contributed by atoms with E-state index in [1.54, 1.807) is 0 Å². The monoisotopic (exact) mass is 442 g/mol. The molecule has 1 aromatic carbocycles. The summed E-state index contributed by atoms with van der Waals surface area (Å²) >= 11 is 6.18. The fraction of sp³-hybridized carbons (Fsp3) is 0.741. The lowest BCUT2D eigenvalue weighted by Crippen LogP contribution is -2.65. The predicted octanol–water partition coefficient (Wildman–Crippen LogP) is 6.94. The van der Waals surface area contributed by atoms with Crippen LogP contribution < -0.4 is 4.90 Å². The normalized spacial score (nSPS) is 42.8. The maximum atomic E-state index is 12.6. The molecule has 5 rings (SSSR count). The van der Waals surface area contributed by atoms with Gasteiger partial charge in [-0.3, -0.25) is 14.6 Å². The third-order valence-corrected chi connectivity index (χ3v) is 9.69. The van der Waals surface area contributed by atoms with Crippen molar-refractivity contribution in [3.63, 3.8) is 0 Å². The first-order chi connectivity index (χ1) is 14.9. The van der Waals surface area contributed by atoms with E-state index in [1.807, 2.05) is 35.2 Å². The van der Waals surface area contributed by atoms with Crippen LogP contribution in [0.4, 0.5) is 10.5 Å². The standard InChI is InChI=1S/C27H39ClN2O/c1-17-9-10-20-12-21(17)14-23(13-20)30-25-15-24(16-26(30)19(3)11-18(25)2)29(27(28)31)22-7-5-4-6-8-22/h4-8,17-21,23-26H,9-16H2,1-3H3. The molecule has 4 bridgehead atoms. The van der Waals surface area contributed by atoms with Crippen LogP contribution in [0.2, 0.25) is 0 Å². The molecule has 2 aliphatic heterocycles. The van der Waals surface area contributed by atoms with Crippen LogP contribution in [0, 0.1) is 29.6 Å². The van der Waals surface area contributed by atoms with E-state index < -0.39 is 0 Å². The van der Waals surface area contributed by atoms with Crippen LogP contribution >= 0.6 is 11.6 Å². The zero-order valence-corrected chi connectivity index (χ0v) is 20.2. The van der Waals surface area contributed by atoms with E-state index in [2.05, 4.69) is 25.7 Å². The molecule has 31 heavy (non-hydrogen) atoms. The Labute approximate surface area is 193 Å². The number of carbonyl (C=O) groups is 1. The minimum atomic E-state index is -0.330. The molecule has 2 heterocycles. The van der Waals surface area contributed by atoms with Crippen molar-refractivity contribution in [2.24, 2.45) is 29.6 Å². The fourth-order valence-corrected chi connectivity index (χ4v) is 8.26. The topological polar surface area (TPSA) is 23.6 Å². The second-order valence-electron chi connectivity index (χ2n) is 11.4. The summed E-state index contributed by atoms with van der Waals surface area (Å²) in [6.07, 6.45) is 10.6. The van der Waals surface area contributed by atoms with Crippen molar-refractivity contribution in [1.82, 2.24) is 4.90 Å². The summed E-state index contributed by atoms with van der Waals surface area (Å²) in [5.74, 6) is 4.11. The first kappa shape index (κ1) is 21.8. The number of piperidine rings is 2. The van der Waals surface area contributed by atoms with Gasteiger partial charge in [0.2, 0.25) is 0 Å². The molecular formula is C27H39ClN2O. The zero-order valence-electron chi connectivity index (χ0n) is 19.4. The molecule has 4 aliphatic rings. The van der Waals surface area contributed by atoms with Crippen molar-refractivity contribution in [2.75, 3.05) is 4.90 Å². The van der Waals surface area contributed by atoms with Crippen LogP contribution in [-0.4, -0.2) is 34.4 Å². The van der Waals surface area contributed by atoms with Gasteiger partial charge in [0.1, 0.15) is 0 Å². The second-order valence-corrected chi connectivity index (χ2v) is 11.7. The smallest absolute Gasteiger partial charge is 0.296 e. The average Bonchev–Trinajstić information content (AvgIpc) is 2.75. The van der Waals surface area contributed by atoms with E-state index >= 15 is 0 Å². The van der Waals surface area contributed by atoms with Crippen LogP contribution in [0.25, 0.3) is 0 Å². The van der Waals surface area contributed by atoms with Gasteiger partial charge in [-0.05, 0) is 91.8 Å². The highest BCUT2D eigenvalue weighted by molar-refractivity contribution is 6.66. The molecule has 2 saturated heterocycles. The summed E-state index contributed by atoms with van der Waals surface area (Å²) in [6, 6.07) is 12.1. The third kappa shape index (κ3) is 4.06. The van der Waals surface area contributed by atoms with E-state index in [4.69, 9.17) is 11.6 Å². The average molecular weight is 443 g/mol. The summed E-state index contributed by atoms with van der Waals surface area (Å²) < 4.78 is 0. The van der Waals surface area contributed by atoms with Crippen molar-refractivity contribution in [2.45, 2.75) is 96.3 Å². The highest BCUT2D eigenvalue weighted by Gasteiger charge is 2.51. The summed E-state index contributed by atoms with van der Waals surface area (Å²) in [4.78, 5) is 17.4. The molecule has 0 N–H and O–H groups in total. The van der Waals surface area contributed by atoms with E-state index in [9.17, 15) is 4.79 Å². The van der Waals surface area contributed by atoms with E-state index in [0.717, 1.165) is 42.3 Å². The molecule has 4 heteroatoms. The number of hydrogen-bond acceptors (Lipinski definition) is 2. The Balaban J connectivity index is 1.42. The van der Waals surface area contributed by atoms with Gasteiger partial charge in [-0.1, -0.05) is 51.8 Å². The number of anilines is 1. The van der Waals surface area contributed by atoms with Crippen LogP contribution in [0.1, 0.15) is 72.1 Å². The molecule has 0 aromatic heterocycles. The second kappa shape index (κ2) is 8.71. The lowest BCUT2D eigenvalue weighted by molar-refractivity contribution is -0.0873. The molecular weight excluding hydrogens is 404 g/mol. The number of hydrogen-bond donors (Lipinski definition) is 0. The third-order valence-electron chi connectivity index (χ3n) is 9.51. The Morgan fingerprint density at radius 3 is 2.19 bits per heavy atom. The van der Waals surface area contributed by atoms with E-state index in [0.29, 0.717) is 23.9 Å². The van der Waals surface area contributed by atoms with Gasteiger partial charge < -0.3 is 0 Å². The summed E-state index contributed by atoms with van der Waals surface area (Å²) in [5.41, 5.74) is 0.945. The van der Waals surface area contributed by atoms with Crippen LogP contribution in [0.5, 0.6) is 0 Å². The molecule has 2 saturated carbocycles. The molecule has 170 valence electrons. The predicted molar refractivity (Wildman–Crippen MR) is 129 cm³/mol. The number of nitrogens with zero attached hydrogens (tertiary/aromatic N) is 2. The highest BCUT2D eigenvalue weighted by Crippen LogP contribution is 2.50. The van der Waals surface area contributed by atoms with Gasteiger partial charge in [0, 0.05) is 29.9 Å². The maximum Gasteiger partial charge on any atom is 0.321 e. The molecule has 0 radical (unpaired) electrons. The Morgan fingerprint density at radius 2 is 1.55 bits per heavy atom. The molecule has 1 aromatic rings. The summed E-state index contributed by atoms with van der Waals surface area (Å²) in [5, 5.41) is -0.330. The molecule has 4 fully saturated rings. The van der Waals surface area contributed by atoms with Crippen molar-refractivity contribution < 1.29 is 4.79 Å². The minimum Gasteiger partial charge on any atom is -0.296 e. The quantitative estimate of drug-likeness (QED) is 0.373. The Morgan fingerprint density at radius 1 is 0.871 bits per heavy atom. The lowest BCUT2D eigenvalue weighted by Gasteiger charge is -2.60. The van der Waals surface area contributed by atoms with Gasteiger partial charge in [-0.15, -0.1) is 0 Å². The fourth-order valence-electron chi connectivity index (χ4n) is 8.02. The van der Waals surface area contributed by atoms with Gasteiger partial charge >= 0.3 is 5.37 Å².